The first kappa shape index (κ1) is 59.1. The maximum atomic E-state index is 11.6. The third-order valence-corrected chi connectivity index (χ3v) is 7.02. The highest BCUT2D eigenvalue weighted by molar-refractivity contribution is 6.31. The number of halogens is 3. The molecule has 0 aromatic carbocycles. The molecule has 0 aliphatic carbocycles. The molecule has 0 aliphatic rings. The fourth-order valence-corrected chi connectivity index (χ4v) is 4.34. The fraction of sp³-hybridized carbons (Fsp3) is 0.538. The van der Waals surface area contributed by atoms with Crippen LogP contribution in [0.4, 0.5) is 31.4 Å². The van der Waals surface area contributed by atoms with Crippen LogP contribution < -0.4 is 36.7 Å². The molecule has 0 saturated heterocycles. The predicted molar refractivity (Wildman–Crippen MR) is 243 cm³/mol. The summed E-state index contributed by atoms with van der Waals surface area (Å²) in [6, 6.07) is 2.76. The van der Waals surface area contributed by atoms with E-state index in [0.29, 0.717) is 10.7 Å². The molecule has 0 aliphatic heterocycles. The van der Waals surface area contributed by atoms with E-state index >= 15 is 0 Å². The molecule has 0 bridgehead atoms. The molecular weight excluding hydrogens is 925 g/mol. The van der Waals surface area contributed by atoms with Gasteiger partial charge in [0.25, 0.3) is 5.88 Å². The number of nitrogens with zero attached hydrogens (tertiary/aromatic N) is 4. The Hall–Kier alpha value is -5.91. The van der Waals surface area contributed by atoms with E-state index in [0.717, 1.165) is 12.1 Å². The number of aromatic amines is 1. The highest BCUT2D eigenvalue weighted by Crippen LogP contribution is 2.27. The van der Waals surface area contributed by atoms with Crippen molar-refractivity contribution in [2.45, 2.75) is 118 Å². The number of rotatable bonds is 12. The third kappa shape index (κ3) is 28.5. The van der Waals surface area contributed by atoms with Crippen LogP contribution in [0.1, 0.15) is 83.1 Å². The molecule has 0 saturated carbocycles. The Morgan fingerprint density at radius 2 is 1.06 bits per heavy atom. The molecule has 0 radical (unpaired) electrons. The predicted octanol–water partition coefficient (Wildman–Crippen LogP) is 7.37. The number of nitrogen functional groups attached to an aromatic ring is 1. The Morgan fingerprint density at radius 1 is 0.692 bits per heavy atom. The van der Waals surface area contributed by atoms with E-state index in [-0.39, 0.29) is 59.4 Å². The molecule has 3 amide bonds. The number of hydrogen-bond acceptors (Lipinski definition) is 17. The lowest BCUT2D eigenvalue weighted by molar-refractivity contribution is -0.386. The second-order valence-electron chi connectivity index (χ2n) is 16.5. The Kier molecular flexibility index (Phi) is 24.9. The maximum Gasteiger partial charge on any atom is 0.407 e. The van der Waals surface area contributed by atoms with Crippen LogP contribution in [-0.4, -0.2) is 103 Å². The van der Waals surface area contributed by atoms with Gasteiger partial charge in [-0.1, -0.05) is 34.8 Å². The quantitative estimate of drug-likeness (QED) is 0.0586. The monoisotopic (exact) mass is 981 g/mol. The van der Waals surface area contributed by atoms with Crippen molar-refractivity contribution in [3.63, 3.8) is 0 Å². The van der Waals surface area contributed by atoms with Crippen LogP contribution in [0.3, 0.4) is 0 Å². The normalized spacial score (nSPS) is 12.2. The van der Waals surface area contributed by atoms with Crippen LogP contribution in [0.5, 0.6) is 11.8 Å². The number of aliphatic hydroxyl groups is 1. The topological polar surface area (TPSA) is 325 Å². The zero-order chi connectivity index (χ0) is 50.5. The Bertz CT molecular complexity index is 2090. The summed E-state index contributed by atoms with van der Waals surface area (Å²) in [6.07, 6.45) is 2.29. The highest BCUT2D eigenvalue weighted by atomic mass is 35.5. The van der Waals surface area contributed by atoms with Crippen LogP contribution >= 0.6 is 34.8 Å². The first-order chi connectivity index (χ1) is 29.7. The van der Waals surface area contributed by atoms with Gasteiger partial charge in [0.2, 0.25) is 5.88 Å². The van der Waals surface area contributed by atoms with Gasteiger partial charge in [-0.25, -0.2) is 24.4 Å². The number of nitro groups is 2. The number of anilines is 1. The molecule has 0 fully saturated rings. The van der Waals surface area contributed by atoms with Crippen LogP contribution in [0.25, 0.3) is 0 Å². The SMILES string of the molecule is C[C@@H](CO)NC(=O)OC(C)(C)C.C[C@@H](COc1ncc(Cl)cc1N)NC(=O)OC(C)(C)C.C[C@@H](COc1ncc(Cl)cc1[N+](=O)[O-])NC(=O)OC(C)(C)C.O=c1[nH]cc(Cl)cc1[N+](=O)[O-]. The average Bonchev–Trinajstić information content (AvgIpc) is 3.13. The van der Waals surface area contributed by atoms with Crippen LogP contribution in [0, 0.1) is 20.2 Å². The smallest absolute Gasteiger partial charge is 0.407 e. The Morgan fingerprint density at radius 3 is 1.43 bits per heavy atom. The summed E-state index contributed by atoms with van der Waals surface area (Å²) < 4.78 is 25.9. The first-order valence-corrected chi connectivity index (χ1v) is 20.4. The molecule has 364 valence electrons. The van der Waals surface area contributed by atoms with Gasteiger partial charge in [0, 0.05) is 24.5 Å². The minimum atomic E-state index is -0.787. The number of ether oxygens (including phenoxy) is 5. The van der Waals surface area contributed by atoms with Crippen molar-refractivity contribution in [3.8, 4) is 11.8 Å². The number of amides is 3. The number of nitrogens with two attached hydrogens (primary N) is 1. The van der Waals surface area contributed by atoms with Gasteiger partial charge < -0.3 is 55.5 Å². The third-order valence-electron chi connectivity index (χ3n) is 6.39. The van der Waals surface area contributed by atoms with Crippen LogP contribution in [-0.2, 0) is 14.2 Å². The van der Waals surface area contributed by atoms with Gasteiger partial charge in [-0.3, -0.25) is 25.0 Å². The lowest BCUT2D eigenvalue weighted by Crippen LogP contribution is -2.40. The molecule has 3 aromatic heterocycles. The number of carbonyl (C=O) groups excluding carboxylic acids is 3. The summed E-state index contributed by atoms with van der Waals surface area (Å²) in [5.41, 5.74) is 2.79. The van der Waals surface area contributed by atoms with Crippen molar-refractivity contribution in [2.24, 2.45) is 0 Å². The number of aromatic nitrogens is 3. The van der Waals surface area contributed by atoms with E-state index in [1.165, 1.54) is 18.6 Å². The number of pyridine rings is 3. The van der Waals surface area contributed by atoms with Gasteiger partial charge in [0.1, 0.15) is 30.0 Å². The highest BCUT2D eigenvalue weighted by Gasteiger charge is 2.22. The van der Waals surface area contributed by atoms with E-state index in [2.05, 4.69) is 30.9 Å². The number of aliphatic hydroxyl groups excluding tert-OH is 1. The second-order valence-corrected chi connectivity index (χ2v) is 17.8. The Labute approximate surface area is 390 Å². The summed E-state index contributed by atoms with van der Waals surface area (Å²) in [7, 11) is 0. The number of H-pyrrole nitrogens is 1. The number of carbonyl (C=O) groups is 3. The minimum Gasteiger partial charge on any atom is -0.474 e. The van der Waals surface area contributed by atoms with Gasteiger partial charge in [0.15, 0.2) is 0 Å². The number of nitrogens with one attached hydrogen (secondary N) is 4. The summed E-state index contributed by atoms with van der Waals surface area (Å²) in [5, 5.41) is 38.0. The summed E-state index contributed by atoms with van der Waals surface area (Å²) in [5.74, 6) is 0.125. The fourth-order valence-electron chi connectivity index (χ4n) is 3.87. The molecular formula is C39H58Cl3N9O14. The van der Waals surface area contributed by atoms with Crippen molar-refractivity contribution >= 4 is 70.1 Å². The molecule has 7 N–H and O–H groups in total. The first-order valence-electron chi connectivity index (χ1n) is 19.3. The molecule has 23 nitrogen and oxygen atoms in total. The molecule has 65 heavy (non-hydrogen) atoms. The zero-order valence-electron chi connectivity index (χ0n) is 38.1. The van der Waals surface area contributed by atoms with Crippen molar-refractivity contribution < 1.29 is 53.0 Å². The lowest BCUT2D eigenvalue weighted by Gasteiger charge is -2.22. The summed E-state index contributed by atoms with van der Waals surface area (Å²) in [6.45, 7) is 21.3. The Balaban J connectivity index is 0.000000875. The summed E-state index contributed by atoms with van der Waals surface area (Å²) >= 11 is 16.8. The average molecular weight is 983 g/mol. The second kappa shape index (κ2) is 27.4. The van der Waals surface area contributed by atoms with Gasteiger partial charge in [-0.2, -0.15) is 0 Å². The largest absolute Gasteiger partial charge is 0.474 e. The van der Waals surface area contributed by atoms with Gasteiger partial charge in [0.05, 0.1) is 61.5 Å². The van der Waals surface area contributed by atoms with E-state index in [1.54, 1.807) is 89.2 Å². The van der Waals surface area contributed by atoms with Crippen molar-refractivity contribution in [1.82, 2.24) is 30.9 Å². The molecule has 3 heterocycles. The van der Waals surface area contributed by atoms with Crippen LogP contribution in [0.2, 0.25) is 15.1 Å². The number of hydrogen-bond donors (Lipinski definition) is 6. The van der Waals surface area contributed by atoms with E-state index in [4.69, 9.17) is 69.3 Å². The summed E-state index contributed by atoms with van der Waals surface area (Å²) in [4.78, 5) is 74.2. The van der Waals surface area contributed by atoms with Gasteiger partial charge in [-0.05, 0) is 89.2 Å². The molecule has 3 aromatic rings. The minimum absolute atomic E-state index is 0.00524. The van der Waals surface area contributed by atoms with E-state index < -0.39 is 62.2 Å². The molecule has 26 heteroatoms. The van der Waals surface area contributed by atoms with Crippen molar-refractivity contribution in [1.29, 1.82) is 0 Å². The van der Waals surface area contributed by atoms with Crippen LogP contribution in [0.15, 0.2) is 41.6 Å². The zero-order valence-corrected chi connectivity index (χ0v) is 40.3. The van der Waals surface area contributed by atoms with Gasteiger partial charge in [-0.15, -0.1) is 0 Å². The lowest BCUT2D eigenvalue weighted by atomic mass is 10.2. The van der Waals surface area contributed by atoms with Crippen molar-refractivity contribution in [2.75, 3.05) is 25.6 Å². The number of alkyl carbamates (subject to hydrolysis) is 3. The molecule has 0 spiro atoms. The maximum absolute atomic E-state index is 11.6. The van der Waals surface area contributed by atoms with E-state index in [9.17, 15) is 39.4 Å². The molecule has 0 unspecified atom stereocenters. The van der Waals surface area contributed by atoms with E-state index in [1.807, 2.05) is 0 Å². The molecule has 3 rings (SSSR count). The van der Waals surface area contributed by atoms with Crippen molar-refractivity contribution in [3.05, 3.63) is 82.4 Å². The molecule has 3 atom stereocenters. The standard InChI is InChI=1S/C13H18ClN3O5.C13H20ClN3O3.C8H17NO3.C5H3ClN2O3/c1-8(16-12(18)22-13(2,3)4)7-21-11-10(17(19)20)5-9(14)6-15-11;1-8(17-12(18)20-13(2,3)4)7-19-11-10(15)5-9(14)6-16-11;1-6(5-10)9-7(11)12-8(2,3)4;6-3-1-4(8(10)11)5(9)7-2-3/h5-6,8H,7H2,1-4H3,(H,16,18);5-6,8H,7,15H2,1-4H3,(H,17,18);6,10H,5H2,1-4H3,(H,9,11);1-2H,(H,7,9)/t2*8-;6-;/m000./s1. The van der Waals surface area contributed by atoms with Gasteiger partial charge >= 0.3 is 35.2 Å².